The van der Waals surface area contributed by atoms with Crippen LogP contribution in [0, 0.1) is 0 Å². The van der Waals surface area contributed by atoms with Gasteiger partial charge < -0.3 is 20.3 Å². The van der Waals surface area contributed by atoms with Gasteiger partial charge in [0.05, 0.1) is 6.61 Å². The van der Waals surface area contributed by atoms with E-state index in [4.69, 9.17) is 4.74 Å². The molecular weight excluding hydrogens is 410 g/mol. The van der Waals surface area contributed by atoms with Gasteiger partial charge in [-0.1, -0.05) is 24.3 Å². The third kappa shape index (κ3) is 6.62. The van der Waals surface area contributed by atoms with Gasteiger partial charge >= 0.3 is 6.03 Å². The van der Waals surface area contributed by atoms with Crippen LogP contribution in [-0.4, -0.2) is 43.7 Å². The summed E-state index contributed by atoms with van der Waals surface area (Å²) >= 11 is 0. The first-order valence-corrected chi connectivity index (χ1v) is 11.4. The topological polar surface area (TPSA) is 53.6 Å². The summed E-state index contributed by atoms with van der Waals surface area (Å²) in [6.07, 6.45) is 8.10. The summed E-state index contributed by atoms with van der Waals surface area (Å²) in [5, 5.41) is 6.26. The number of benzene rings is 2. The first-order chi connectivity index (χ1) is 14.8. The molecule has 0 bridgehead atoms. The average Bonchev–Trinajstić information content (AvgIpc) is 2.80. The van der Waals surface area contributed by atoms with Crippen molar-refractivity contribution < 1.29 is 9.53 Å². The largest absolute Gasteiger partial charge is 0.493 e. The van der Waals surface area contributed by atoms with Crippen LogP contribution in [-0.2, 0) is 19.3 Å². The number of nitrogens with zero attached hydrogens (tertiary/aromatic N) is 1. The summed E-state index contributed by atoms with van der Waals surface area (Å²) in [5.41, 5.74) is 5.07. The molecule has 1 fully saturated rings. The molecule has 0 atom stereocenters. The molecule has 1 aliphatic heterocycles. The first-order valence-electron chi connectivity index (χ1n) is 11.4. The molecule has 2 aromatic carbocycles. The number of fused-ring (bicyclic) bond motifs is 1. The lowest BCUT2D eigenvalue weighted by Crippen LogP contribution is -2.48. The molecule has 1 aliphatic carbocycles. The predicted octanol–water partition coefficient (Wildman–Crippen LogP) is 4.83. The summed E-state index contributed by atoms with van der Waals surface area (Å²) in [6.45, 7) is 4.02. The zero-order valence-corrected chi connectivity index (χ0v) is 19.0. The van der Waals surface area contributed by atoms with Gasteiger partial charge in [0, 0.05) is 31.9 Å². The van der Waals surface area contributed by atoms with E-state index in [0.717, 1.165) is 69.9 Å². The lowest BCUT2D eigenvalue weighted by Gasteiger charge is -2.27. The van der Waals surface area contributed by atoms with Gasteiger partial charge in [0.25, 0.3) is 0 Å². The van der Waals surface area contributed by atoms with Crippen molar-refractivity contribution in [3.8, 4) is 5.75 Å². The van der Waals surface area contributed by atoms with E-state index in [1.165, 1.54) is 36.0 Å². The monoisotopic (exact) mass is 443 g/mol. The number of urea groups is 1. The number of aryl methyl sites for hydroxylation is 2. The van der Waals surface area contributed by atoms with Crippen LogP contribution in [0.5, 0.6) is 5.75 Å². The van der Waals surface area contributed by atoms with Crippen molar-refractivity contribution >= 4 is 24.1 Å². The number of carbonyl (C=O) groups is 1. The van der Waals surface area contributed by atoms with Gasteiger partial charge in [-0.2, -0.15) is 0 Å². The molecule has 0 radical (unpaired) electrons. The molecule has 0 aromatic heterocycles. The van der Waals surface area contributed by atoms with Gasteiger partial charge in [0.15, 0.2) is 0 Å². The van der Waals surface area contributed by atoms with E-state index >= 15 is 0 Å². The van der Waals surface area contributed by atoms with Crippen molar-refractivity contribution in [1.82, 2.24) is 10.2 Å². The van der Waals surface area contributed by atoms with Gasteiger partial charge in [-0.15, -0.1) is 12.4 Å². The molecule has 0 saturated carbocycles. The quantitative estimate of drug-likeness (QED) is 0.603. The molecule has 2 amide bonds. The second kappa shape index (κ2) is 12.0. The van der Waals surface area contributed by atoms with E-state index in [1.54, 1.807) is 0 Å². The Balaban J connectivity index is 0.00000272. The van der Waals surface area contributed by atoms with Crippen LogP contribution >= 0.6 is 12.4 Å². The number of rotatable bonds is 7. The fraction of sp³-hybridized carbons (Fsp3) is 0.480. The molecule has 4 rings (SSSR count). The van der Waals surface area contributed by atoms with Gasteiger partial charge in [-0.25, -0.2) is 4.79 Å². The smallest absolute Gasteiger partial charge is 0.321 e. The molecular formula is C25H34ClN3O2. The predicted molar refractivity (Wildman–Crippen MR) is 129 cm³/mol. The number of hydrogen-bond donors (Lipinski definition) is 2. The van der Waals surface area contributed by atoms with E-state index in [2.05, 4.69) is 41.0 Å². The first kappa shape index (κ1) is 23.4. The highest BCUT2D eigenvalue weighted by Gasteiger charge is 2.16. The Morgan fingerprint density at radius 3 is 2.58 bits per heavy atom. The Morgan fingerprint density at radius 1 is 1.00 bits per heavy atom. The number of ether oxygens (including phenoxy) is 1. The average molecular weight is 444 g/mol. The number of unbranched alkanes of at least 4 members (excludes halogenated alkanes) is 1. The highest BCUT2D eigenvalue weighted by Crippen LogP contribution is 2.29. The number of halogens is 1. The molecule has 1 saturated heterocycles. The summed E-state index contributed by atoms with van der Waals surface area (Å²) in [5.74, 6) is 1.09. The van der Waals surface area contributed by atoms with Crippen molar-refractivity contribution in [1.29, 1.82) is 0 Å². The fourth-order valence-electron chi connectivity index (χ4n) is 4.32. The Bertz CT molecular complexity index is 835. The second-order valence-electron chi connectivity index (χ2n) is 8.27. The third-order valence-electron chi connectivity index (χ3n) is 6.08. The summed E-state index contributed by atoms with van der Waals surface area (Å²) < 4.78 is 6.11. The van der Waals surface area contributed by atoms with Crippen LogP contribution in [0.3, 0.4) is 0 Å². The van der Waals surface area contributed by atoms with Crippen molar-refractivity contribution in [2.75, 3.05) is 38.1 Å². The summed E-state index contributed by atoms with van der Waals surface area (Å²) in [7, 11) is 0. The van der Waals surface area contributed by atoms with Crippen LogP contribution < -0.4 is 15.4 Å². The zero-order valence-electron chi connectivity index (χ0n) is 18.2. The number of hydrogen-bond acceptors (Lipinski definition) is 3. The Labute approximate surface area is 192 Å². The molecule has 5 nitrogen and oxygen atoms in total. The van der Waals surface area contributed by atoms with Crippen LogP contribution in [0.25, 0.3) is 0 Å². The van der Waals surface area contributed by atoms with Crippen LogP contribution in [0.15, 0.2) is 42.5 Å². The number of nitrogens with one attached hydrogen (secondary N) is 2. The second-order valence-corrected chi connectivity index (χ2v) is 8.27. The molecule has 2 aromatic rings. The van der Waals surface area contributed by atoms with Crippen LogP contribution in [0.2, 0.25) is 0 Å². The van der Waals surface area contributed by atoms with E-state index in [0.29, 0.717) is 0 Å². The molecule has 0 unspecified atom stereocenters. The molecule has 2 N–H and O–H groups in total. The van der Waals surface area contributed by atoms with Gasteiger partial charge in [0.1, 0.15) is 5.75 Å². The lowest BCUT2D eigenvalue weighted by atomic mass is 9.91. The number of carbonyl (C=O) groups excluding carboxylic acids is 1. The SMILES string of the molecule is Cl.O=C(Nc1ccc(CCCCOc2cccc3c2CCCC3)cc1)N1CCNCC1. The minimum absolute atomic E-state index is 0. The van der Waals surface area contributed by atoms with E-state index in [1.807, 2.05) is 17.0 Å². The van der Waals surface area contributed by atoms with E-state index in [9.17, 15) is 4.79 Å². The molecule has 1 heterocycles. The highest BCUT2D eigenvalue weighted by atomic mass is 35.5. The van der Waals surface area contributed by atoms with Gasteiger partial charge in [-0.3, -0.25) is 0 Å². The maximum absolute atomic E-state index is 12.3. The molecule has 31 heavy (non-hydrogen) atoms. The van der Waals surface area contributed by atoms with E-state index < -0.39 is 0 Å². The van der Waals surface area contributed by atoms with E-state index in [-0.39, 0.29) is 18.4 Å². The number of anilines is 1. The molecule has 168 valence electrons. The highest BCUT2D eigenvalue weighted by molar-refractivity contribution is 5.89. The van der Waals surface area contributed by atoms with Crippen molar-refractivity contribution in [2.24, 2.45) is 0 Å². The Kier molecular flexibility index (Phi) is 9.04. The summed E-state index contributed by atoms with van der Waals surface area (Å²) in [4.78, 5) is 14.1. The lowest BCUT2D eigenvalue weighted by molar-refractivity contribution is 0.204. The number of amides is 2. The van der Waals surface area contributed by atoms with Crippen molar-refractivity contribution in [2.45, 2.75) is 44.9 Å². The van der Waals surface area contributed by atoms with Gasteiger partial charge in [0.2, 0.25) is 0 Å². The fourth-order valence-corrected chi connectivity index (χ4v) is 4.32. The molecule has 2 aliphatic rings. The van der Waals surface area contributed by atoms with Crippen molar-refractivity contribution in [3.05, 3.63) is 59.2 Å². The minimum atomic E-state index is -0.00972. The van der Waals surface area contributed by atoms with Crippen LogP contribution in [0.1, 0.15) is 42.4 Å². The third-order valence-corrected chi connectivity index (χ3v) is 6.08. The molecule has 6 heteroatoms. The van der Waals surface area contributed by atoms with Crippen molar-refractivity contribution in [3.63, 3.8) is 0 Å². The number of piperazine rings is 1. The summed E-state index contributed by atoms with van der Waals surface area (Å²) in [6, 6.07) is 14.7. The normalized spacial score (nSPS) is 15.5. The van der Waals surface area contributed by atoms with Crippen LogP contribution in [0.4, 0.5) is 10.5 Å². The standard InChI is InChI=1S/C25H33N3O2.ClH/c29-25(28-17-15-26-16-18-28)27-22-13-11-20(12-14-22)6-3-4-19-30-24-10-5-8-21-7-1-2-9-23(21)24;/h5,8,10-14,26H,1-4,6-7,9,15-19H2,(H,27,29);1H. The Hall–Kier alpha value is -2.24. The molecule has 0 spiro atoms. The maximum Gasteiger partial charge on any atom is 0.321 e. The minimum Gasteiger partial charge on any atom is -0.493 e. The maximum atomic E-state index is 12.3. The van der Waals surface area contributed by atoms with Gasteiger partial charge in [-0.05, 0) is 79.8 Å². The zero-order chi connectivity index (χ0) is 20.6. The Morgan fingerprint density at radius 2 is 1.77 bits per heavy atom.